The molecule has 0 fully saturated rings. The van der Waals surface area contributed by atoms with Gasteiger partial charge < -0.3 is 9.47 Å². The summed E-state index contributed by atoms with van der Waals surface area (Å²) in [5.41, 5.74) is 2.15. The number of rotatable bonds is 14. The fourth-order valence-electron chi connectivity index (χ4n) is 4.25. The van der Waals surface area contributed by atoms with Crippen molar-refractivity contribution >= 4 is 6.16 Å². The summed E-state index contributed by atoms with van der Waals surface area (Å²) in [6, 6.07) is 15.7. The van der Waals surface area contributed by atoms with E-state index in [1.54, 1.807) is 0 Å². The van der Waals surface area contributed by atoms with E-state index in [-0.39, 0.29) is 0 Å². The normalized spacial score (nSPS) is 12.9. The van der Waals surface area contributed by atoms with E-state index in [4.69, 9.17) is 9.47 Å². The maximum absolute atomic E-state index is 12.7. The highest BCUT2D eigenvalue weighted by atomic mass is 16.7. The Morgan fingerprint density at radius 1 is 0.688 bits per heavy atom. The standard InChI is InChI=1S/C29H42O3/c1-5-9-15-23(7-3)21-25-17-11-13-19-27(25)31-29(30)32-28-20-14-12-18-26(28)22-24(8-4)16-10-6-2/h11-14,17-20,23-24H,5-10,15-16,21-22H2,1-4H3. The number of carbonyl (C=O) groups excluding carboxylic acids is 1. The van der Waals surface area contributed by atoms with Crippen LogP contribution in [0.15, 0.2) is 48.5 Å². The second kappa shape index (κ2) is 14.7. The van der Waals surface area contributed by atoms with Crippen molar-refractivity contribution in [2.75, 3.05) is 0 Å². The van der Waals surface area contributed by atoms with Crippen molar-refractivity contribution in [1.82, 2.24) is 0 Å². The van der Waals surface area contributed by atoms with Gasteiger partial charge in [-0.2, -0.15) is 0 Å². The molecule has 3 heteroatoms. The molecule has 0 aliphatic rings. The number of unbranched alkanes of at least 4 members (excludes halogenated alkanes) is 2. The Labute approximate surface area is 195 Å². The Hall–Kier alpha value is -2.29. The fraction of sp³-hybridized carbons (Fsp3) is 0.552. The molecule has 0 aliphatic heterocycles. The van der Waals surface area contributed by atoms with Gasteiger partial charge in [-0.15, -0.1) is 0 Å². The first-order chi connectivity index (χ1) is 15.6. The molecular weight excluding hydrogens is 396 g/mol. The first-order valence-electron chi connectivity index (χ1n) is 12.7. The van der Waals surface area contributed by atoms with Gasteiger partial charge in [-0.3, -0.25) is 0 Å². The smallest absolute Gasteiger partial charge is 0.394 e. The maximum atomic E-state index is 12.7. The zero-order valence-corrected chi connectivity index (χ0v) is 20.6. The van der Waals surface area contributed by atoms with E-state index < -0.39 is 6.16 Å². The number of ether oxygens (including phenoxy) is 2. The van der Waals surface area contributed by atoms with Gasteiger partial charge in [0.05, 0.1) is 0 Å². The van der Waals surface area contributed by atoms with Gasteiger partial charge in [-0.25, -0.2) is 4.79 Å². The molecule has 2 unspecified atom stereocenters. The quantitative estimate of drug-likeness (QED) is 0.218. The number of benzene rings is 2. The minimum Gasteiger partial charge on any atom is -0.394 e. The van der Waals surface area contributed by atoms with E-state index in [1.165, 1.54) is 38.5 Å². The molecule has 176 valence electrons. The van der Waals surface area contributed by atoms with E-state index in [2.05, 4.69) is 39.8 Å². The van der Waals surface area contributed by atoms with Crippen LogP contribution in [0.2, 0.25) is 0 Å². The molecule has 0 aliphatic carbocycles. The van der Waals surface area contributed by atoms with E-state index in [9.17, 15) is 4.79 Å². The third-order valence-electron chi connectivity index (χ3n) is 6.44. The van der Waals surface area contributed by atoms with Crippen LogP contribution in [-0.4, -0.2) is 6.16 Å². The molecule has 2 aromatic carbocycles. The van der Waals surface area contributed by atoms with Crippen molar-refractivity contribution < 1.29 is 14.3 Å². The monoisotopic (exact) mass is 438 g/mol. The van der Waals surface area contributed by atoms with E-state index in [0.29, 0.717) is 23.3 Å². The summed E-state index contributed by atoms with van der Waals surface area (Å²) < 4.78 is 11.4. The lowest BCUT2D eigenvalue weighted by molar-refractivity contribution is 0.150. The van der Waals surface area contributed by atoms with Crippen molar-refractivity contribution in [3.05, 3.63) is 59.7 Å². The lowest BCUT2D eigenvalue weighted by Crippen LogP contribution is -2.17. The van der Waals surface area contributed by atoms with Gasteiger partial charge in [0.1, 0.15) is 11.5 Å². The van der Waals surface area contributed by atoms with Gasteiger partial charge in [0, 0.05) is 0 Å². The number of carbonyl (C=O) groups is 1. The minimum atomic E-state index is -0.659. The van der Waals surface area contributed by atoms with Gasteiger partial charge in [-0.05, 0) is 47.9 Å². The average molecular weight is 439 g/mol. The van der Waals surface area contributed by atoms with Crippen molar-refractivity contribution in [1.29, 1.82) is 0 Å². The highest BCUT2D eigenvalue weighted by Gasteiger charge is 2.17. The van der Waals surface area contributed by atoms with Crippen LogP contribution in [0.5, 0.6) is 11.5 Å². The summed E-state index contributed by atoms with van der Waals surface area (Å²) in [5, 5.41) is 0. The highest BCUT2D eigenvalue weighted by Crippen LogP contribution is 2.28. The largest absolute Gasteiger partial charge is 0.519 e. The van der Waals surface area contributed by atoms with E-state index >= 15 is 0 Å². The zero-order chi connectivity index (χ0) is 23.2. The SMILES string of the molecule is CCCCC(CC)Cc1ccccc1OC(=O)Oc1ccccc1CC(CC)CCCC. The highest BCUT2D eigenvalue weighted by molar-refractivity contribution is 5.68. The van der Waals surface area contributed by atoms with Crippen molar-refractivity contribution in [2.24, 2.45) is 11.8 Å². The van der Waals surface area contributed by atoms with Gasteiger partial charge in [-0.1, -0.05) is 115 Å². The summed E-state index contributed by atoms with van der Waals surface area (Å²) in [7, 11) is 0. The molecule has 32 heavy (non-hydrogen) atoms. The Kier molecular flexibility index (Phi) is 11.9. The second-order valence-corrected chi connectivity index (χ2v) is 8.91. The summed E-state index contributed by atoms with van der Waals surface area (Å²) in [4.78, 5) is 12.7. The van der Waals surface area contributed by atoms with E-state index in [1.807, 2.05) is 36.4 Å². The van der Waals surface area contributed by atoms with Gasteiger partial charge in [0.2, 0.25) is 0 Å². The topological polar surface area (TPSA) is 35.5 Å². The van der Waals surface area contributed by atoms with Crippen LogP contribution < -0.4 is 9.47 Å². The zero-order valence-electron chi connectivity index (χ0n) is 20.6. The molecule has 2 atom stereocenters. The summed E-state index contributed by atoms with van der Waals surface area (Å²) in [6.45, 7) is 8.92. The van der Waals surface area contributed by atoms with Crippen molar-refractivity contribution in [3.63, 3.8) is 0 Å². The van der Waals surface area contributed by atoms with Gasteiger partial charge >= 0.3 is 6.16 Å². The first kappa shape index (κ1) is 26.0. The Morgan fingerprint density at radius 3 is 1.47 bits per heavy atom. The second-order valence-electron chi connectivity index (χ2n) is 8.91. The maximum Gasteiger partial charge on any atom is 0.519 e. The van der Waals surface area contributed by atoms with Crippen LogP contribution in [-0.2, 0) is 12.8 Å². The molecule has 0 saturated carbocycles. The van der Waals surface area contributed by atoms with Gasteiger partial charge in [0.15, 0.2) is 0 Å². The van der Waals surface area contributed by atoms with Crippen LogP contribution in [0.4, 0.5) is 4.79 Å². The van der Waals surface area contributed by atoms with Crippen LogP contribution in [0.25, 0.3) is 0 Å². The molecule has 2 aromatic rings. The molecule has 0 N–H and O–H groups in total. The molecule has 0 aromatic heterocycles. The summed E-state index contributed by atoms with van der Waals surface area (Å²) in [6.07, 6.45) is 10.7. The lowest BCUT2D eigenvalue weighted by Gasteiger charge is -2.18. The van der Waals surface area contributed by atoms with Crippen LogP contribution in [0.3, 0.4) is 0 Å². The molecule has 2 rings (SSSR count). The third kappa shape index (κ3) is 8.68. The Balaban J connectivity index is 2.06. The minimum absolute atomic E-state index is 0.602. The van der Waals surface area contributed by atoms with Crippen molar-refractivity contribution in [2.45, 2.75) is 91.9 Å². The molecular formula is C29H42O3. The van der Waals surface area contributed by atoms with Gasteiger partial charge in [0.25, 0.3) is 0 Å². The molecule has 0 heterocycles. The Morgan fingerprint density at radius 2 is 1.09 bits per heavy atom. The van der Waals surface area contributed by atoms with E-state index in [0.717, 1.165) is 36.8 Å². The number of hydrogen-bond acceptors (Lipinski definition) is 3. The average Bonchev–Trinajstić information content (AvgIpc) is 2.81. The fourth-order valence-corrected chi connectivity index (χ4v) is 4.25. The van der Waals surface area contributed by atoms with Crippen molar-refractivity contribution in [3.8, 4) is 11.5 Å². The van der Waals surface area contributed by atoms with Crippen LogP contribution in [0.1, 0.15) is 90.2 Å². The third-order valence-corrected chi connectivity index (χ3v) is 6.44. The predicted molar refractivity (Wildman–Crippen MR) is 134 cm³/mol. The molecule has 0 bridgehead atoms. The van der Waals surface area contributed by atoms with Crippen LogP contribution in [0, 0.1) is 11.8 Å². The summed E-state index contributed by atoms with van der Waals surface area (Å²) in [5.74, 6) is 2.43. The van der Waals surface area contributed by atoms with Crippen LogP contribution >= 0.6 is 0 Å². The Bertz CT molecular complexity index is 733. The lowest BCUT2D eigenvalue weighted by atomic mass is 9.91. The number of para-hydroxylation sites is 2. The summed E-state index contributed by atoms with van der Waals surface area (Å²) >= 11 is 0. The predicted octanol–water partition coefficient (Wildman–Crippen LogP) is 8.78. The molecule has 0 radical (unpaired) electrons. The number of hydrogen-bond donors (Lipinski definition) is 0. The molecule has 3 nitrogen and oxygen atoms in total. The molecule has 0 saturated heterocycles. The first-order valence-corrected chi connectivity index (χ1v) is 12.7. The molecule has 0 spiro atoms. The molecule has 0 amide bonds.